The lowest BCUT2D eigenvalue weighted by Gasteiger charge is -2.20. The molecule has 3 aromatic rings. The molecule has 172 valence electrons. The van der Waals surface area contributed by atoms with Gasteiger partial charge in [0, 0.05) is 31.1 Å². The number of hydrogen-bond acceptors (Lipinski definition) is 5. The minimum absolute atomic E-state index is 0.222. The molecule has 1 aliphatic rings. The Morgan fingerprint density at radius 1 is 1.12 bits per heavy atom. The van der Waals surface area contributed by atoms with Crippen LogP contribution in [0, 0.1) is 5.41 Å². The zero-order chi connectivity index (χ0) is 23.0. The molecule has 32 heavy (non-hydrogen) atoms. The highest BCUT2D eigenvalue weighted by Crippen LogP contribution is 2.29. The van der Waals surface area contributed by atoms with E-state index in [1.165, 1.54) is 5.56 Å². The van der Waals surface area contributed by atoms with E-state index in [0.29, 0.717) is 12.8 Å². The SMILES string of the molecule is CCc1nn(-c2ccc3nnc(C(C)C)n3n2)c(CC)c1CCC(=O)N1CCC(C)(C)C1. The van der Waals surface area contributed by atoms with Crippen LogP contribution in [0.5, 0.6) is 0 Å². The fraction of sp³-hybridized carbons (Fsp3) is 0.625. The molecule has 0 saturated carbocycles. The minimum Gasteiger partial charge on any atom is -0.342 e. The lowest BCUT2D eigenvalue weighted by molar-refractivity contribution is -0.130. The summed E-state index contributed by atoms with van der Waals surface area (Å²) in [6.45, 7) is 14.6. The Labute approximate surface area is 190 Å². The minimum atomic E-state index is 0.222. The van der Waals surface area contributed by atoms with E-state index in [-0.39, 0.29) is 17.2 Å². The van der Waals surface area contributed by atoms with Crippen molar-refractivity contribution in [3.63, 3.8) is 0 Å². The van der Waals surface area contributed by atoms with Crippen LogP contribution in [0.2, 0.25) is 0 Å². The topological polar surface area (TPSA) is 81.2 Å². The van der Waals surface area contributed by atoms with Crippen molar-refractivity contribution in [2.75, 3.05) is 13.1 Å². The van der Waals surface area contributed by atoms with E-state index in [1.54, 1.807) is 0 Å². The molecule has 3 aromatic heterocycles. The highest BCUT2D eigenvalue weighted by molar-refractivity contribution is 5.77. The Hall–Kier alpha value is -2.77. The van der Waals surface area contributed by atoms with Crippen LogP contribution in [0.15, 0.2) is 12.1 Å². The van der Waals surface area contributed by atoms with Crippen molar-refractivity contribution in [1.29, 1.82) is 0 Å². The monoisotopic (exact) mass is 437 g/mol. The second kappa shape index (κ2) is 8.64. The van der Waals surface area contributed by atoms with Crippen molar-refractivity contribution < 1.29 is 4.79 Å². The van der Waals surface area contributed by atoms with Crippen LogP contribution < -0.4 is 0 Å². The van der Waals surface area contributed by atoms with Crippen LogP contribution in [0.4, 0.5) is 0 Å². The van der Waals surface area contributed by atoms with E-state index in [1.807, 2.05) is 26.2 Å². The number of aromatic nitrogens is 6. The predicted octanol–water partition coefficient (Wildman–Crippen LogP) is 3.75. The molecule has 4 rings (SSSR count). The summed E-state index contributed by atoms with van der Waals surface area (Å²) in [4.78, 5) is 14.9. The number of hydrogen-bond donors (Lipinski definition) is 0. The van der Waals surface area contributed by atoms with Crippen LogP contribution in [-0.2, 0) is 24.1 Å². The first-order chi connectivity index (χ1) is 15.2. The van der Waals surface area contributed by atoms with Gasteiger partial charge in [-0.05, 0) is 48.8 Å². The van der Waals surface area contributed by atoms with Crippen LogP contribution in [0.25, 0.3) is 11.5 Å². The molecule has 0 radical (unpaired) electrons. The van der Waals surface area contributed by atoms with Gasteiger partial charge in [0.05, 0.1) is 5.69 Å². The average Bonchev–Trinajstić information content (AvgIpc) is 3.45. The summed E-state index contributed by atoms with van der Waals surface area (Å²) >= 11 is 0. The van der Waals surface area contributed by atoms with Crippen LogP contribution in [0.1, 0.15) is 83.1 Å². The Bertz CT molecular complexity index is 1130. The van der Waals surface area contributed by atoms with E-state index in [0.717, 1.165) is 61.0 Å². The number of likely N-dealkylation sites (tertiary alicyclic amines) is 1. The van der Waals surface area contributed by atoms with Crippen LogP contribution >= 0.6 is 0 Å². The summed E-state index contributed by atoms with van der Waals surface area (Å²) in [5, 5.41) is 18.2. The van der Waals surface area contributed by atoms with Gasteiger partial charge in [0.1, 0.15) is 0 Å². The van der Waals surface area contributed by atoms with Crippen LogP contribution in [0.3, 0.4) is 0 Å². The maximum Gasteiger partial charge on any atom is 0.222 e. The molecule has 1 aliphatic heterocycles. The standard InChI is InChI=1S/C24H35N7O/c1-7-18-17(9-12-22(32)29-14-13-24(5,6)15-29)19(8-2)30(27-18)21-11-10-20-25-26-23(16(3)4)31(20)28-21/h10-11,16H,7-9,12-15H2,1-6H3. The Kier molecular flexibility index (Phi) is 6.05. The molecular formula is C24H35N7O. The first kappa shape index (κ1) is 22.4. The van der Waals surface area contributed by atoms with Crippen LogP contribution in [-0.4, -0.2) is 53.5 Å². The van der Waals surface area contributed by atoms with Gasteiger partial charge in [0.2, 0.25) is 5.91 Å². The molecule has 0 aromatic carbocycles. The quantitative estimate of drug-likeness (QED) is 0.562. The van der Waals surface area contributed by atoms with Crippen molar-refractivity contribution in [3.8, 4) is 5.82 Å². The van der Waals surface area contributed by atoms with Gasteiger partial charge in [0.25, 0.3) is 0 Å². The van der Waals surface area contributed by atoms with Gasteiger partial charge in [-0.25, -0.2) is 4.68 Å². The summed E-state index contributed by atoms with van der Waals surface area (Å²) < 4.78 is 3.76. The van der Waals surface area contributed by atoms with Gasteiger partial charge < -0.3 is 4.90 Å². The number of rotatable bonds is 7. The lowest BCUT2D eigenvalue weighted by Crippen LogP contribution is -2.30. The van der Waals surface area contributed by atoms with Crippen molar-refractivity contribution >= 4 is 11.6 Å². The Morgan fingerprint density at radius 3 is 2.53 bits per heavy atom. The smallest absolute Gasteiger partial charge is 0.222 e. The summed E-state index contributed by atoms with van der Waals surface area (Å²) in [5.41, 5.74) is 4.33. The van der Waals surface area contributed by atoms with Crippen molar-refractivity contribution in [2.24, 2.45) is 5.41 Å². The van der Waals surface area contributed by atoms with Crippen molar-refractivity contribution in [1.82, 2.24) is 34.5 Å². The van der Waals surface area contributed by atoms with E-state index in [9.17, 15) is 4.79 Å². The molecule has 1 fully saturated rings. The molecule has 0 aliphatic carbocycles. The van der Waals surface area contributed by atoms with Gasteiger partial charge in [-0.1, -0.05) is 41.5 Å². The maximum absolute atomic E-state index is 12.9. The number of carbonyl (C=O) groups is 1. The molecule has 0 unspecified atom stereocenters. The summed E-state index contributed by atoms with van der Waals surface area (Å²) in [6.07, 6.45) is 3.97. The van der Waals surface area contributed by atoms with Crippen molar-refractivity contribution in [2.45, 2.75) is 79.6 Å². The first-order valence-electron chi connectivity index (χ1n) is 11.8. The predicted molar refractivity (Wildman–Crippen MR) is 124 cm³/mol. The molecule has 0 N–H and O–H groups in total. The number of carbonyl (C=O) groups excluding carboxylic acids is 1. The van der Waals surface area contributed by atoms with E-state index < -0.39 is 0 Å². The number of fused-ring (bicyclic) bond motifs is 1. The van der Waals surface area contributed by atoms with Gasteiger partial charge in [-0.15, -0.1) is 15.3 Å². The molecule has 1 saturated heterocycles. The molecule has 8 nitrogen and oxygen atoms in total. The average molecular weight is 438 g/mol. The second-order valence-corrected chi connectivity index (χ2v) is 9.89. The molecule has 8 heteroatoms. The van der Waals surface area contributed by atoms with E-state index >= 15 is 0 Å². The number of aryl methyl sites for hydroxylation is 1. The molecule has 1 amide bonds. The van der Waals surface area contributed by atoms with Gasteiger partial charge in [-0.3, -0.25) is 4.79 Å². The first-order valence-corrected chi connectivity index (χ1v) is 11.8. The molecule has 0 bridgehead atoms. The third-order valence-electron chi connectivity index (χ3n) is 6.47. The Morgan fingerprint density at radius 2 is 1.91 bits per heavy atom. The summed E-state index contributed by atoms with van der Waals surface area (Å²) in [7, 11) is 0. The normalized spacial score (nSPS) is 15.9. The molecule has 4 heterocycles. The largest absolute Gasteiger partial charge is 0.342 e. The van der Waals surface area contributed by atoms with E-state index in [2.05, 4.69) is 51.7 Å². The maximum atomic E-state index is 12.9. The molecule has 0 atom stereocenters. The summed E-state index contributed by atoms with van der Waals surface area (Å²) in [5.74, 6) is 2.06. The van der Waals surface area contributed by atoms with E-state index in [4.69, 9.17) is 10.2 Å². The Balaban J connectivity index is 1.63. The van der Waals surface area contributed by atoms with Gasteiger partial charge >= 0.3 is 0 Å². The highest BCUT2D eigenvalue weighted by Gasteiger charge is 2.32. The highest BCUT2D eigenvalue weighted by atomic mass is 16.2. The number of nitrogens with zero attached hydrogens (tertiary/aromatic N) is 7. The number of amides is 1. The molecule has 0 spiro atoms. The third-order valence-corrected chi connectivity index (χ3v) is 6.47. The zero-order valence-electron chi connectivity index (χ0n) is 20.2. The van der Waals surface area contributed by atoms with Crippen molar-refractivity contribution in [3.05, 3.63) is 34.9 Å². The fourth-order valence-corrected chi connectivity index (χ4v) is 4.65. The molecular weight excluding hydrogens is 402 g/mol. The second-order valence-electron chi connectivity index (χ2n) is 9.89. The fourth-order valence-electron chi connectivity index (χ4n) is 4.65. The summed E-state index contributed by atoms with van der Waals surface area (Å²) in [6, 6.07) is 3.88. The lowest BCUT2D eigenvalue weighted by atomic mass is 9.93. The third kappa shape index (κ3) is 4.14. The zero-order valence-corrected chi connectivity index (χ0v) is 20.2. The van der Waals surface area contributed by atoms with Gasteiger partial charge in [-0.2, -0.15) is 9.61 Å². The van der Waals surface area contributed by atoms with Gasteiger partial charge in [0.15, 0.2) is 17.3 Å².